The van der Waals surface area contributed by atoms with Crippen LogP contribution >= 0.6 is 0 Å². The van der Waals surface area contributed by atoms with Gasteiger partial charge in [-0.15, -0.1) is 0 Å². The summed E-state index contributed by atoms with van der Waals surface area (Å²) in [4.78, 5) is 0. The summed E-state index contributed by atoms with van der Waals surface area (Å²) in [6, 6.07) is 0. The molecular formula is FeO3Ti. The third-order valence-electron chi connectivity index (χ3n) is 0. The average Bonchev–Trinajstić information content (AvgIpc) is 0.811. The van der Waals surface area contributed by atoms with E-state index >= 15 is 0 Å². The van der Waals surface area contributed by atoms with Crippen molar-refractivity contribution in [2.45, 2.75) is 0 Å². The SMILES string of the molecule is [Fe+2].[O]=[Ti]([O-])[O-]. The van der Waals surface area contributed by atoms with E-state index in [1.165, 1.54) is 0 Å². The zero-order valence-electron chi connectivity index (χ0n) is 2.08. The van der Waals surface area contributed by atoms with Crippen molar-refractivity contribution in [2.75, 3.05) is 0 Å². The molecule has 0 aromatic carbocycles. The molecule has 5 heteroatoms. The van der Waals surface area contributed by atoms with E-state index in [1.54, 1.807) is 0 Å². The van der Waals surface area contributed by atoms with Gasteiger partial charge in [-0.05, 0) is 0 Å². The Morgan fingerprint density at radius 3 is 1.40 bits per heavy atom. The minimum atomic E-state index is -4.08. The molecule has 30 valence electrons. The minimum absolute atomic E-state index is 0. The Kier molecular flexibility index (Phi) is 9.26. The van der Waals surface area contributed by atoms with E-state index in [0.717, 1.165) is 0 Å². The molecule has 3 nitrogen and oxygen atoms in total. The zero-order valence-corrected chi connectivity index (χ0v) is 4.74. The molecule has 0 heterocycles. The maximum atomic E-state index is 8.58. The van der Waals surface area contributed by atoms with Crippen molar-refractivity contribution in [1.29, 1.82) is 0 Å². The summed E-state index contributed by atoms with van der Waals surface area (Å²) in [5.74, 6) is 0. The number of hydrogen-bond acceptors (Lipinski definition) is 3. The van der Waals surface area contributed by atoms with E-state index in [0.29, 0.717) is 0 Å². The second-order valence-electron chi connectivity index (χ2n) is 0.250. The molecule has 0 saturated carbocycles. The molecule has 0 atom stereocenters. The molecule has 0 N–H and O–H groups in total. The van der Waals surface area contributed by atoms with E-state index in [4.69, 9.17) is 10.7 Å². The molecule has 5 heavy (non-hydrogen) atoms. The molecule has 0 aromatic rings. The van der Waals surface area contributed by atoms with E-state index in [1.807, 2.05) is 0 Å². The van der Waals surface area contributed by atoms with Crippen molar-refractivity contribution in [3.63, 3.8) is 0 Å². The fraction of sp³-hybridized carbons (Fsp3) is 0. The molecular weight excluding hydrogens is 152 g/mol. The Balaban J connectivity index is 0. The van der Waals surface area contributed by atoms with Gasteiger partial charge in [0.15, 0.2) is 0 Å². The van der Waals surface area contributed by atoms with Crippen LogP contribution in [0.2, 0.25) is 0 Å². The molecule has 0 radical (unpaired) electrons. The first kappa shape index (κ1) is 9.35. The van der Waals surface area contributed by atoms with Crippen LogP contribution in [-0.2, 0) is 39.0 Å². The van der Waals surface area contributed by atoms with Gasteiger partial charge in [-0.2, -0.15) is 0 Å². The van der Waals surface area contributed by atoms with Gasteiger partial charge in [0, 0.05) is 0 Å². The molecule has 0 bridgehead atoms. The van der Waals surface area contributed by atoms with Gasteiger partial charge in [0.05, 0.1) is 0 Å². The fourth-order valence-corrected chi connectivity index (χ4v) is 0. The van der Waals surface area contributed by atoms with Gasteiger partial charge in [0.25, 0.3) is 0 Å². The summed E-state index contributed by atoms with van der Waals surface area (Å²) in [5, 5.41) is 0. The predicted octanol–water partition coefficient (Wildman–Crippen LogP) is -2.50. The molecule has 0 spiro atoms. The number of rotatable bonds is 0. The van der Waals surface area contributed by atoms with Gasteiger partial charge >= 0.3 is 46.4 Å². The van der Waals surface area contributed by atoms with E-state index < -0.39 is 18.6 Å². The van der Waals surface area contributed by atoms with Crippen LogP contribution in [0.1, 0.15) is 0 Å². The Bertz CT molecular complexity index is 29.9. The average molecular weight is 152 g/mol. The normalized spacial score (nSPS) is 5.20. The van der Waals surface area contributed by atoms with Gasteiger partial charge in [-0.3, -0.25) is 0 Å². The third-order valence-corrected chi connectivity index (χ3v) is 0. The Morgan fingerprint density at radius 2 is 1.40 bits per heavy atom. The van der Waals surface area contributed by atoms with Gasteiger partial charge < -0.3 is 0 Å². The van der Waals surface area contributed by atoms with Crippen LogP contribution in [0.5, 0.6) is 0 Å². The third kappa shape index (κ3) is 47.5. The molecule has 0 aliphatic rings. The molecule has 0 rings (SSSR count). The van der Waals surface area contributed by atoms with Crippen LogP contribution in [0, 0.1) is 0 Å². The molecule has 0 fully saturated rings. The Hall–Kier alpha value is 0.954. The second kappa shape index (κ2) is 4.95. The van der Waals surface area contributed by atoms with Crippen LogP contribution < -0.4 is 7.38 Å². The molecule has 0 saturated heterocycles. The monoisotopic (exact) mass is 152 g/mol. The van der Waals surface area contributed by atoms with Gasteiger partial charge in [0.1, 0.15) is 0 Å². The quantitative estimate of drug-likeness (QED) is 0.360. The first-order valence-corrected chi connectivity index (χ1v) is 2.52. The summed E-state index contributed by atoms with van der Waals surface area (Å²) in [6.45, 7) is 0. The molecule has 0 unspecified atom stereocenters. The second-order valence-corrected chi connectivity index (χ2v) is 1.03. The summed E-state index contributed by atoms with van der Waals surface area (Å²) in [7, 11) is 0. The van der Waals surface area contributed by atoms with Crippen LogP contribution in [0.3, 0.4) is 0 Å². The van der Waals surface area contributed by atoms with E-state index in [9.17, 15) is 0 Å². The molecule has 0 amide bonds. The first-order chi connectivity index (χ1) is 1.73. The van der Waals surface area contributed by atoms with Crippen molar-refractivity contribution in [2.24, 2.45) is 0 Å². The van der Waals surface area contributed by atoms with Crippen LogP contribution in [0.4, 0.5) is 0 Å². The molecule has 0 aliphatic heterocycles. The Morgan fingerprint density at radius 1 is 1.40 bits per heavy atom. The molecule has 0 aromatic heterocycles. The van der Waals surface area contributed by atoms with Crippen LogP contribution in [0.15, 0.2) is 0 Å². The van der Waals surface area contributed by atoms with Gasteiger partial charge in [0.2, 0.25) is 0 Å². The summed E-state index contributed by atoms with van der Waals surface area (Å²) in [6.07, 6.45) is 0. The maximum absolute atomic E-state index is 8.58. The summed E-state index contributed by atoms with van der Waals surface area (Å²) >= 11 is -4.08. The predicted molar refractivity (Wildman–Crippen MR) is 0.686 cm³/mol. The van der Waals surface area contributed by atoms with Gasteiger partial charge in [-0.25, -0.2) is 0 Å². The fourth-order valence-electron chi connectivity index (χ4n) is 0. The molecule has 0 aliphatic carbocycles. The Labute approximate surface area is 46.6 Å². The van der Waals surface area contributed by atoms with Gasteiger partial charge in [-0.1, -0.05) is 0 Å². The van der Waals surface area contributed by atoms with Crippen molar-refractivity contribution >= 4 is 0 Å². The zero-order chi connectivity index (χ0) is 3.58. The van der Waals surface area contributed by atoms with Crippen LogP contribution in [0.25, 0.3) is 0 Å². The van der Waals surface area contributed by atoms with Crippen molar-refractivity contribution in [3.8, 4) is 0 Å². The number of hydrogen-bond donors (Lipinski definition) is 0. The van der Waals surface area contributed by atoms with E-state index in [-0.39, 0.29) is 17.1 Å². The first-order valence-electron chi connectivity index (χ1n) is 0.612. The topological polar surface area (TPSA) is 63.2 Å². The summed E-state index contributed by atoms with van der Waals surface area (Å²) < 4.78 is 25.8. The van der Waals surface area contributed by atoms with Crippen molar-refractivity contribution in [3.05, 3.63) is 0 Å². The van der Waals surface area contributed by atoms with Crippen LogP contribution in [-0.4, -0.2) is 0 Å². The van der Waals surface area contributed by atoms with Crippen molar-refractivity contribution in [1.82, 2.24) is 0 Å². The van der Waals surface area contributed by atoms with E-state index in [2.05, 4.69) is 0 Å². The standard InChI is InChI=1S/Fe.3O.Ti/q+2;;2*-1;. The summed E-state index contributed by atoms with van der Waals surface area (Å²) in [5.41, 5.74) is 0. The van der Waals surface area contributed by atoms with Crippen molar-refractivity contribution < 1.29 is 46.4 Å².